The third kappa shape index (κ3) is 1.77. The Morgan fingerprint density at radius 2 is 2.21 bits per heavy atom. The highest BCUT2D eigenvalue weighted by molar-refractivity contribution is 5.97. The summed E-state index contributed by atoms with van der Waals surface area (Å²) in [7, 11) is 1.55. The fraction of sp³-hybridized carbons (Fsp3) is 0.0769. The highest BCUT2D eigenvalue weighted by Crippen LogP contribution is 2.32. The zero-order chi connectivity index (χ0) is 13.4. The SMILES string of the molecule is COc1nccc2c(-c3cnc(N)c(F)c3)c[nH]c12. The smallest absolute Gasteiger partial charge is 0.238 e. The van der Waals surface area contributed by atoms with Crippen molar-refractivity contribution < 1.29 is 9.13 Å². The van der Waals surface area contributed by atoms with E-state index in [2.05, 4.69) is 15.0 Å². The van der Waals surface area contributed by atoms with Crippen molar-refractivity contribution in [2.45, 2.75) is 0 Å². The summed E-state index contributed by atoms with van der Waals surface area (Å²) in [6.45, 7) is 0. The number of ether oxygens (including phenoxy) is 1. The standard InChI is InChI=1S/C13H11FN4O/c1-19-13-11-8(2-3-16-13)9(6-17-11)7-4-10(14)12(15)18-5-7/h2-6,17H,1H3,(H2,15,18). The Kier molecular flexibility index (Phi) is 2.56. The van der Waals surface area contributed by atoms with Crippen LogP contribution < -0.4 is 10.5 Å². The van der Waals surface area contributed by atoms with Gasteiger partial charge in [0.05, 0.1) is 7.11 Å². The van der Waals surface area contributed by atoms with Gasteiger partial charge in [0.1, 0.15) is 5.52 Å². The van der Waals surface area contributed by atoms with E-state index in [1.165, 1.54) is 12.3 Å². The minimum atomic E-state index is -0.534. The molecule has 0 saturated heterocycles. The third-order valence-electron chi connectivity index (χ3n) is 2.94. The fourth-order valence-corrected chi connectivity index (χ4v) is 2.02. The Balaban J connectivity index is 2.23. The molecule has 3 rings (SSSR count). The summed E-state index contributed by atoms with van der Waals surface area (Å²) in [6, 6.07) is 3.19. The first-order valence-electron chi connectivity index (χ1n) is 5.62. The molecule has 3 aromatic heterocycles. The molecule has 0 aliphatic rings. The lowest BCUT2D eigenvalue weighted by Crippen LogP contribution is -1.94. The van der Waals surface area contributed by atoms with Crippen LogP contribution in [0.2, 0.25) is 0 Å². The zero-order valence-corrected chi connectivity index (χ0v) is 10.1. The number of hydrogen-bond acceptors (Lipinski definition) is 4. The molecule has 0 spiro atoms. The first-order valence-corrected chi connectivity index (χ1v) is 5.62. The Labute approximate surface area is 108 Å². The number of nitrogens with two attached hydrogens (primary N) is 1. The molecule has 3 aromatic rings. The third-order valence-corrected chi connectivity index (χ3v) is 2.94. The molecule has 0 amide bonds. The lowest BCUT2D eigenvalue weighted by Gasteiger charge is -2.02. The van der Waals surface area contributed by atoms with Crippen molar-refractivity contribution in [3.8, 4) is 17.0 Å². The van der Waals surface area contributed by atoms with Gasteiger partial charge in [-0.2, -0.15) is 0 Å². The first-order chi connectivity index (χ1) is 9.20. The van der Waals surface area contributed by atoms with E-state index < -0.39 is 5.82 Å². The quantitative estimate of drug-likeness (QED) is 0.739. The molecule has 0 aliphatic heterocycles. The predicted octanol–water partition coefficient (Wildman–Crippen LogP) is 2.35. The van der Waals surface area contributed by atoms with Gasteiger partial charge in [-0.05, 0) is 12.1 Å². The van der Waals surface area contributed by atoms with Gasteiger partial charge in [0.25, 0.3) is 0 Å². The van der Waals surface area contributed by atoms with E-state index in [1.54, 1.807) is 19.5 Å². The predicted molar refractivity (Wildman–Crippen MR) is 70.2 cm³/mol. The second-order valence-corrected chi connectivity index (χ2v) is 4.04. The number of nitrogen functional groups attached to an aromatic ring is 1. The number of fused-ring (bicyclic) bond motifs is 1. The summed E-state index contributed by atoms with van der Waals surface area (Å²) in [5.41, 5.74) is 7.60. The summed E-state index contributed by atoms with van der Waals surface area (Å²) in [5, 5.41) is 0.887. The van der Waals surface area contributed by atoms with Crippen LogP contribution in [0.25, 0.3) is 22.0 Å². The van der Waals surface area contributed by atoms with Gasteiger partial charge in [0.2, 0.25) is 5.88 Å². The number of hydrogen-bond donors (Lipinski definition) is 2. The molecular formula is C13H11FN4O. The molecule has 3 heterocycles. The van der Waals surface area contributed by atoms with E-state index >= 15 is 0 Å². The van der Waals surface area contributed by atoms with Gasteiger partial charge in [-0.3, -0.25) is 0 Å². The highest BCUT2D eigenvalue weighted by Gasteiger charge is 2.12. The molecule has 0 atom stereocenters. The summed E-state index contributed by atoms with van der Waals surface area (Å²) < 4.78 is 18.6. The van der Waals surface area contributed by atoms with Crippen molar-refractivity contribution >= 4 is 16.7 Å². The minimum absolute atomic E-state index is 0.108. The van der Waals surface area contributed by atoms with Crippen molar-refractivity contribution in [1.29, 1.82) is 0 Å². The summed E-state index contributed by atoms with van der Waals surface area (Å²) >= 11 is 0. The fourth-order valence-electron chi connectivity index (χ4n) is 2.02. The van der Waals surface area contributed by atoms with E-state index in [0.717, 1.165) is 16.5 Å². The van der Waals surface area contributed by atoms with Gasteiger partial charge < -0.3 is 15.5 Å². The van der Waals surface area contributed by atoms with E-state index in [9.17, 15) is 4.39 Å². The molecular weight excluding hydrogens is 247 g/mol. The highest BCUT2D eigenvalue weighted by atomic mass is 19.1. The van der Waals surface area contributed by atoms with E-state index in [-0.39, 0.29) is 5.82 Å². The van der Waals surface area contributed by atoms with Crippen LogP contribution in [0.4, 0.5) is 10.2 Å². The average Bonchev–Trinajstić information content (AvgIpc) is 2.85. The topological polar surface area (TPSA) is 76.8 Å². The minimum Gasteiger partial charge on any atom is -0.479 e. The van der Waals surface area contributed by atoms with Crippen LogP contribution in [0.5, 0.6) is 5.88 Å². The molecule has 3 N–H and O–H groups in total. The first kappa shape index (κ1) is 11.5. The van der Waals surface area contributed by atoms with Crippen molar-refractivity contribution in [1.82, 2.24) is 15.0 Å². The summed E-state index contributed by atoms with van der Waals surface area (Å²) in [5.74, 6) is -0.150. The maximum atomic E-state index is 13.5. The van der Waals surface area contributed by atoms with Gasteiger partial charge in [0.15, 0.2) is 11.6 Å². The molecule has 0 fully saturated rings. The number of anilines is 1. The molecule has 19 heavy (non-hydrogen) atoms. The number of nitrogens with one attached hydrogen (secondary N) is 1. The number of methoxy groups -OCH3 is 1. The summed E-state index contributed by atoms with van der Waals surface area (Å²) in [4.78, 5) is 11.0. The van der Waals surface area contributed by atoms with Crippen LogP contribution in [0.1, 0.15) is 0 Å². The van der Waals surface area contributed by atoms with Gasteiger partial charge in [0, 0.05) is 35.1 Å². The maximum absolute atomic E-state index is 13.5. The molecule has 0 unspecified atom stereocenters. The van der Waals surface area contributed by atoms with Crippen LogP contribution in [0, 0.1) is 5.82 Å². The van der Waals surface area contributed by atoms with Crippen molar-refractivity contribution in [3.63, 3.8) is 0 Å². The Bertz CT molecular complexity index is 753. The Morgan fingerprint density at radius 3 is 2.95 bits per heavy atom. The normalized spacial score (nSPS) is 10.8. The van der Waals surface area contributed by atoms with Crippen LogP contribution in [-0.4, -0.2) is 22.1 Å². The number of H-pyrrole nitrogens is 1. The second-order valence-electron chi connectivity index (χ2n) is 4.04. The monoisotopic (exact) mass is 258 g/mol. The lowest BCUT2D eigenvalue weighted by atomic mass is 10.1. The van der Waals surface area contributed by atoms with Crippen LogP contribution in [-0.2, 0) is 0 Å². The number of rotatable bonds is 2. The molecule has 96 valence electrons. The maximum Gasteiger partial charge on any atom is 0.238 e. The van der Waals surface area contributed by atoms with E-state index in [1.807, 2.05) is 6.07 Å². The van der Waals surface area contributed by atoms with Gasteiger partial charge in [-0.1, -0.05) is 0 Å². The molecule has 6 heteroatoms. The van der Waals surface area contributed by atoms with Crippen molar-refractivity contribution in [2.24, 2.45) is 0 Å². The van der Waals surface area contributed by atoms with Crippen LogP contribution >= 0.6 is 0 Å². The molecule has 5 nitrogen and oxygen atoms in total. The van der Waals surface area contributed by atoms with Gasteiger partial charge in [-0.25, -0.2) is 14.4 Å². The number of halogens is 1. The number of nitrogens with zero attached hydrogens (tertiary/aromatic N) is 2. The van der Waals surface area contributed by atoms with Gasteiger partial charge >= 0.3 is 0 Å². The zero-order valence-electron chi connectivity index (χ0n) is 10.1. The largest absolute Gasteiger partial charge is 0.479 e. The number of aromatic nitrogens is 3. The Morgan fingerprint density at radius 1 is 1.37 bits per heavy atom. The molecule has 0 radical (unpaired) electrons. The van der Waals surface area contributed by atoms with Crippen LogP contribution in [0.3, 0.4) is 0 Å². The van der Waals surface area contributed by atoms with Crippen LogP contribution in [0.15, 0.2) is 30.7 Å². The summed E-state index contributed by atoms with van der Waals surface area (Å²) in [6.07, 6.45) is 4.94. The van der Waals surface area contributed by atoms with Crippen molar-refractivity contribution in [3.05, 3.63) is 36.5 Å². The van der Waals surface area contributed by atoms with E-state index in [4.69, 9.17) is 10.5 Å². The number of pyridine rings is 2. The molecule has 0 bridgehead atoms. The Hall–Kier alpha value is -2.63. The average molecular weight is 258 g/mol. The number of aromatic amines is 1. The van der Waals surface area contributed by atoms with Crippen molar-refractivity contribution in [2.75, 3.05) is 12.8 Å². The lowest BCUT2D eigenvalue weighted by molar-refractivity contribution is 0.402. The molecule has 0 aliphatic carbocycles. The molecule has 0 aromatic carbocycles. The van der Waals surface area contributed by atoms with E-state index in [0.29, 0.717) is 11.4 Å². The molecule has 0 saturated carbocycles. The van der Waals surface area contributed by atoms with Gasteiger partial charge in [-0.15, -0.1) is 0 Å². The second kappa shape index (κ2) is 4.24.